The molecule has 6 nitrogen and oxygen atoms in total. The Hall–Kier alpha value is -1.29. The molecule has 23 heavy (non-hydrogen) atoms. The van der Waals surface area contributed by atoms with Crippen molar-refractivity contribution in [2.24, 2.45) is 17.8 Å². The molecule has 1 fully saturated rings. The molecule has 0 aliphatic heterocycles. The molecule has 0 aromatic rings. The number of nitrogens with one attached hydrogen (secondary N) is 1. The molecule has 0 aromatic carbocycles. The first kappa shape index (κ1) is 18.1. The van der Waals surface area contributed by atoms with E-state index in [9.17, 15) is 4.79 Å². The number of ether oxygens (including phenoxy) is 3. The Morgan fingerprint density at radius 2 is 1.70 bits per heavy atom. The number of carbonyl (C=O) groups excluding carboxylic acids is 1. The summed E-state index contributed by atoms with van der Waals surface area (Å²) in [6.07, 6.45) is 3.85. The van der Waals surface area contributed by atoms with Crippen LogP contribution in [-0.2, 0) is 14.2 Å². The molecule has 0 spiro atoms. The van der Waals surface area contributed by atoms with Crippen molar-refractivity contribution < 1.29 is 24.1 Å². The summed E-state index contributed by atoms with van der Waals surface area (Å²) in [5.74, 6) is 8.26. The van der Waals surface area contributed by atoms with Crippen molar-refractivity contribution in [2.75, 3.05) is 46.2 Å². The lowest BCUT2D eigenvalue weighted by Gasteiger charge is -2.08. The minimum absolute atomic E-state index is 0.0170. The number of aliphatic hydroxyl groups is 1. The Morgan fingerprint density at radius 3 is 2.35 bits per heavy atom. The number of hydrogen-bond donors (Lipinski definition) is 2. The Labute approximate surface area is 137 Å². The van der Waals surface area contributed by atoms with E-state index in [0.717, 1.165) is 25.7 Å². The summed E-state index contributed by atoms with van der Waals surface area (Å²) in [5, 5.41) is 11.2. The lowest BCUT2D eigenvalue weighted by atomic mass is 10.1. The lowest BCUT2D eigenvalue weighted by Crippen LogP contribution is -2.29. The average Bonchev–Trinajstić information content (AvgIpc) is 3.17. The second-order valence-corrected chi connectivity index (χ2v) is 5.90. The van der Waals surface area contributed by atoms with Gasteiger partial charge in [0, 0.05) is 19.4 Å². The lowest BCUT2D eigenvalue weighted by molar-refractivity contribution is 0.0337. The van der Waals surface area contributed by atoms with E-state index in [4.69, 9.17) is 19.3 Å². The van der Waals surface area contributed by atoms with Gasteiger partial charge in [0.05, 0.1) is 39.6 Å². The predicted molar refractivity (Wildman–Crippen MR) is 84.8 cm³/mol. The maximum atomic E-state index is 11.6. The zero-order valence-corrected chi connectivity index (χ0v) is 13.6. The Morgan fingerprint density at radius 1 is 1.04 bits per heavy atom. The highest BCUT2D eigenvalue weighted by molar-refractivity contribution is 5.67. The molecule has 0 radical (unpaired) electrons. The van der Waals surface area contributed by atoms with Crippen molar-refractivity contribution >= 4 is 6.09 Å². The predicted octanol–water partition coefficient (Wildman–Crippen LogP) is 1.18. The third kappa shape index (κ3) is 6.78. The van der Waals surface area contributed by atoms with Crippen LogP contribution in [0, 0.1) is 29.6 Å². The smallest absolute Gasteiger partial charge is 0.407 e. The zero-order valence-electron chi connectivity index (χ0n) is 13.6. The number of alkyl carbamates (subject to hydrolysis) is 1. The SMILES string of the molecule is O=C(NCCOCCOCCO)OCC1C2CCC#CCCC21. The summed E-state index contributed by atoms with van der Waals surface area (Å²) in [6.45, 7) is 2.58. The maximum Gasteiger partial charge on any atom is 0.407 e. The van der Waals surface area contributed by atoms with Crippen LogP contribution in [0.3, 0.4) is 0 Å². The van der Waals surface area contributed by atoms with Crippen molar-refractivity contribution in [1.29, 1.82) is 0 Å². The van der Waals surface area contributed by atoms with Gasteiger partial charge in [0.25, 0.3) is 0 Å². The van der Waals surface area contributed by atoms with Gasteiger partial charge in [-0.15, -0.1) is 11.8 Å². The first-order chi connectivity index (χ1) is 11.3. The van der Waals surface area contributed by atoms with E-state index in [1.54, 1.807) is 0 Å². The molecular formula is C17H27NO5. The number of rotatable bonds is 10. The number of aliphatic hydroxyl groups excluding tert-OH is 1. The fourth-order valence-electron chi connectivity index (χ4n) is 3.12. The first-order valence-corrected chi connectivity index (χ1v) is 8.45. The molecule has 2 rings (SSSR count). The van der Waals surface area contributed by atoms with Crippen LogP contribution in [-0.4, -0.2) is 57.4 Å². The van der Waals surface area contributed by atoms with Crippen molar-refractivity contribution in [3.8, 4) is 11.8 Å². The molecule has 130 valence electrons. The fourth-order valence-corrected chi connectivity index (χ4v) is 3.12. The summed E-state index contributed by atoms with van der Waals surface area (Å²) in [7, 11) is 0. The molecule has 2 aliphatic rings. The van der Waals surface area contributed by atoms with Gasteiger partial charge in [0.15, 0.2) is 0 Å². The number of carbonyl (C=O) groups is 1. The van der Waals surface area contributed by atoms with Crippen molar-refractivity contribution in [3.63, 3.8) is 0 Å². The van der Waals surface area contributed by atoms with E-state index < -0.39 is 0 Å². The Bertz CT molecular complexity index is 399. The van der Waals surface area contributed by atoms with E-state index in [0.29, 0.717) is 57.3 Å². The quantitative estimate of drug-likeness (QED) is 0.466. The highest BCUT2D eigenvalue weighted by Crippen LogP contribution is 2.52. The monoisotopic (exact) mass is 325 g/mol. The van der Waals surface area contributed by atoms with Gasteiger partial charge >= 0.3 is 6.09 Å². The van der Waals surface area contributed by atoms with Gasteiger partial charge in [-0.05, 0) is 30.6 Å². The second-order valence-electron chi connectivity index (χ2n) is 5.90. The van der Waals surface area contributed by atoms with Crippen LogP contribution in [0.2, 0.25) is 0 Å². The summed E-state index contributed by atoms with van der Waals surface area (Å²) in [4.78, 5) is 11.6. The van der Waals surface area contributed by atoms with Gasteiger partial charge in [-0.1, -0.05) is 0 Å². The van der Waals surface area contributed by atoms with E-state index in [2.05, 4.69) is 17.2 Å². The number of amides is 1. The van der Waals surface area contributed by atoms with Gasteiger partial charge < -0.3 is 24.6 Å². The molecule has 6 heteroatoms. The van der Waals surface area contributed by atoms with E-state index in [-0.39, 0.29) is 12.7 Å². The average molecular weight is 325 g/mol. The molecule has 2 atom stereocenters. The highest BCUT2D eigenvalue weighted by Gasteiger charge is 2.49. The molecular weight excluding hydrogens is 298 g/mol. The van der Waals surface area contributed by atoms with Crippen LogP contribution in [0.15, 0.2) is 0 Å². The molecule has 1 saturated carbocycles. The van der Waals surface area contributed by atoms with Gasteiger partial charge in [-0.2, -0.15) is 0 Å². The maximum absolute atomic E-state index is 11.6. The summed E-state index contributed by atoms with van der Waals surface area (Å²) in [5.41, 5.74) is 0. The molecule has 2 aliphatic carbocycles. The number of fused-ring (bicyclic) bond motifs is 1. The first-order valence-electron chi connectivity index (χ1n) is 8.45. The topological polar surface area (TPSA) is 77.0 Å². The van der Waals surface area contributed by atoms with Crippen LogP contribution >= 0.6 is 0 Å². The van der Waals surface area contributed by atoms with Gasteiger partial charge in [-0.25, -0.2) is 4.79 Å². The summed E-state index contributed by atoms with van der Waals surface area (Å²) < 4.78 is 15.6. The molecule has 0 aromatic heterocycles. The molecule has 2 unspecified atom stereocenters. The normalized spacial score (nSPS) is 25.3. The molecule has 1 amide bonds. The Kier molecular flexibility index (Phi) is 8.23. The van der Waals surface area contributed by atoms with Crippen molar-refractivity contribution in [3.05, 3.63) is 0 Å². The van der Waals surface area contributed by atoms with Gasteiger partial charge in [0.2, 0.25) is 0 Å². The van der Waals surface area contributed by atoms with Crippen LogP contribution < -0.4 is 5.32 Å². The third-order valence-electron chi connectivity index (χ3n) is 4.37. The van der Waals surface area contributed by atoms with Crippen LogP contribution in [0.1, 0.15) is 25.7 Å². The summed E-state index contributed by atoms with van der Waals surface area (Å²) >= 11 is 0. The molecule has 0 bridgehead atoms. The highest BCUT2D eigenvalue weighted by atomic mass is 16.6. The van der Waals surface area contributed by atoms with Crippen molar-refractivity contribution in [1.82, 2.24) is 5.32 Å². The molecule has 0 saturated heterocycles. The largest absolute Gasteiger partial charge is 0.449 e. The second kappa shape index (κ2) is 10.5. The standard InChI is InChI=1S/C17H27NO5/c19-8-10-22-12-11-21-9-7-18-17(20)23-13-16-14-5-3-1-2-4-6-15(14)16/h14-16,19H,3-13H2,(H,18,20). The van der Waals surface area contributed by atoms with Gasteiger partial charge in [0.1, 0.15) is 0 Å². The minimum atomic E-state index is -0.374. The zero-order chi connectivity index (χ0) is 16.3. The van der Waals surface area contributed by atoms with E-state index >= 15 is 0 Å². The van der Waals surface area contributed by atoms with E-state index in [1.807, 2.05) is 0 Å². The molecule has 2 N–H and O–H groups in total. The number of hydrogen-bond acceptors (Lipinski definition) is 5. The van der Waals surface area contributed by atoms with Crippen LogP contribution in [0.4, 0.5) is 4.79 Å². The Balaban J connectivity index is 1.44. The summed E-state index contributed by atoms with van der Waals surface area (Å²) in [6, 6.07) is 0. The van der Waals surface area contributed by atoms with Crippen LogP contribution in [0.5, 0.6) is 0 Å². The fraction of sp³-hybridized carbons (Fsp3) is 0.824. The van der Waals surface area contributed by atoms with E-state index in [1.165, 1.54) is 0 Å². The molecule has 0 heterocycles. The van der Waals surface area contributed by atoms with Crippen molar-refractivity contribution in [2.45, 2.75) is 25.7 Å². The minimum Gasteiger partial charge on any atom is -0.449 e. The van der Waals surface area contributed by atoms with Gasteiger partial charge in [-0.3, -0.25) is 0 Å². The third-order valence-corrected chi connectivity index (χ3v) is 4.37. The van der Waals surface area contributed by atoms with Crippen LogP contribution in [0.25, 0.3) is 0 Å².